The fraction of sp³-hybridized carbons (Fsp3) is 0.624. The average molecular weight is 1340 g/mol. The van der Waals surface area contributed by atoms with Crippen LogP contribution in [-0.2, 0) is 32.7 Å². The van der Waals surface area contributed by atoms with Gasteiger partial charge in [-0.1, -0.05) is 344 Å². The van der Waals surface area contributed by atoms with E-state index in [-0.39, 0.29) is 38.6 Å². The number of phosphoric acid groups is 1. The molecule has 0 aliphatic carbocycles. The Bertz CT molecular complexity index is 2220. The van der Waals surface area contributed by atoms with Gasteiger partial charge >= 0.3 is 19.8 Å². The Kier molecular flexibility index (Phi) is 74.1. The van der Waals surface area contributed by atoms with Gasteiger partial charge in [0.05, 0.1) is 13.2 Å². The lowest BCUT2D eigenvalue weighted by atomic mass is 10.0. The number of esters is 2. The number of carbonyl (C=O) groups is 2. The number of carbonyl (C=O) groups excluding carboxylic acids is 2. The molecule has 0 spiro atoms. The summed E-state index contributed by atoms with van der Waals surface area (Å²) in [4.78, 5) is 35.4. The molecule has 9 nitrogen and oxygen atoms in total. The maximum Gasteiger partial charge on any atom is 0.472 e. The predicted octanol–water partition coefficient (Wildman–Crippen LogP) is 25.9. The lowest BCUT2D eigenvalue weighted by Gasteiger charge is -2.19. The van der Waals surface area contributed by atoms with Crippen molar-refractivity contribution in [1.29, 1.82) is 0 Å². The minimum Gasteiger partial charge on any atom is -0.462 e. The Hall–Kier alpha value is -4.89. The molecule has 10 heteroatoms. The number of unbranched alkanes of at least 4 members (excludes halogenated alkanes) is 27. The minimum absolute atomic E-state index is 0.0442. The Morgan fingerprint density at radius 1 is 0.316 bits per heavy atom. The van der Waals surface area contributed by atoms with Crippen LogP contribution in [0.5, 0.6) is 0 Å². The zero-order valence-electron chi connectivity index (χ0n) is 60.6. The molecule has 0 fully saturated rings. The number of allylic oxidation sites excluding steroid dienone is 30. The van der Waals surface area contributed by atoms with E-state index in [0.717, 1.165) is 148 Å². The maximum absolute atomic E-state index is 12.8. The van der Waals surface area contributed by atoms with Crippen molar-refractivity contribution in [2.24, 2.45) is 5.73 Å². The van der Waals surface area contributed by atoms with Crippen LogP contribution in [0.3, 0.4) is 0 Å². The van der Waals surface area contributed by atoms with Crippen molar-refractivity contribution in [3.05, 3.63) is 182 Å². The summed E-state index contributed by atoms with van der Waals surface area (Å²) < 4.78 is 33.2. The van der Waals surface area contributed by atoms with Crippen LogP contribution in [0, 0.1) is 0 Å². The van der Waals surface area contributed by atoms with Crippen LogP contribution in [0.4, 0.5) is 0 Å². The Labute approximate surface area is 584 Å². The topological polar surface area (TPSA) is 134 Å². The number of ether oxygens (including phenoxy) is 2. The zero-order valence-corrected chi connectivity index (χ0v) is 61.5. The van der Waals surface area contributed by atoms with Crippen molar-refractivity contribution in [2.75, 3.05) is 26.4 Å². The van der Waals surface area contributed by atoms with E-state index in [0.29, 0.717) is 6.42 Å². The van der Waals surface area contributed by atoms with Crippen molar-refractivity contribution in [1.82, 2.24) is 0 Å². The first-order chi connectivity index (χ1) is 46.8. The summed E-state index contributed by atoms with van der Waals surface area (Å²) in [7, 11) is -4.41. The molecule has 0 amide bonds. The predicted molar refractivity (Wildman–Crippen MR) is 412 cm³/mol. The zero-order chi connectivity index (χ0) is 68.6. The van der Waals surface area contributed by atoms with E-state index in [2.05, 4.69) is 196 Å². The van der Waals surface area contributed by atoms with Crippen LogP contribution >= 0.6 is 7.82 Å². The highest BCUT2D eigenvalue weighted by Gasteiger charge is 2.26. The molecule has 0 heterocycles. The third-order valence-electron chi connectivity index (χ3n) is 15.8. The maximum atomic E-state index is 12.8. The number of hydrogen-bond donors (Lipinski definition) is 2. The van der Waals surface area contributed by atoms with E-state index in [9.17, 15) is 19.0 Å². The van der Waals surface area contributed by atoms with Gasteiger partial charge in [0.25, 0.3) is 0 Å². The van der Waals surface area contributed by atoms with Crippen LogP contribution in [0.2, 0.25) is 0 Å². The summed E-state index contributed by atoms with van der Waals surface area (Å²) in [5.41, 5.74) is 5.41. The SMILES string of the molecule is CC/C=C\C/C=C\C/C=C\C/C=C\C/C=C\C/C=C\C/C=C\C/C=C\C/C=C\CCCCCCCCCC(=O)OC(COC(=O)CCCCCCCCCCCCCCCCCCCCCC/C=C\C/C=C\C/C=C\C/C=C\C/C=C\C/C=C\CC)COP(=O)(O)OCCN. The molecule has 0 aliphatic heterocycles. The van der Waals surface area contributed by atoms with Crippen molar-refractivity contribution in [2.45, 2.75) is 315 Å². The van der Waals surface area contributed by atoms with Crippen molar-refractivity contribution >= 4 is 19.8 Å². The largest absolute Gasteiger partial charge is 0.472 e. The first-order valence-corrected chi connectivity index (χ1v) is 39.8. The normalized spacial score (nSPS) is 13.9. The first kappa shape index (κ1) is 90.1. The van der Waals surface area contributed by atoms with E-state index in [1.54, 1.807) is 0 Å². The molecule has 0 radical (unpaired) electrons. The van der Waals surface area contributed by atoms with Crippen LogP contribution in [-0.4, -0.2) is 49.3 Å². The Balaban J connectivity index is 3.91. The standard InChI is InChI=1S/C85H140NO8P/c1-3-5-7-9-11-13-15-17-19-21-23-25-27-29-31-33-35-37-39-40-41-42-44-45-47-49-51-53-55-57-59-61-63-65-67-69-71-73-75-77-84(87)91-81-83(82-93-95(89,90)92-80-79-86)94-85(88)78-76-74-72-70-68-66-64-62-60-58-56-54-52-50-48-46-43-38-36-34-32-30-28-26-24-22-20-18-16-14-12-10-8-6-4-2/h5-8,11-14,17-20,23-26,29-32,35-38,46,48,52,54,58,60,83H,3-4,9-10,15-16,21-22,27-28,33-34,39-45,47,49-51,53,55-57,59,61-82,86H2,1-2H3,(H,89,90)/b7-5-,8-6-,13-11-,14-12-,19-17-,20-18-,25-23-,26-24-,31-29-,32-30-,37-35-,38-36-,48-46-,54-52-,60-58-. The number of phosphoric ester groups is 1. The molecule has 0 saturated carbocycles. The van der Waals surface area contributed by atoms with E-state index >= 15 is 0 Å². The smallest absolute Gasteiger partial charge is 0.462 e. The molecule has 0 aromatic rings. The van der Waals surface area contributed by atoms with E-state index in [1.807, 2.05) is 0 Å². The third-order valence-corrected chi connectivity index (χ3v) is 16.8. The van der Waals surface area contributed by atoms with Crippen molar-refractivity contribution in [3.8, 4) is 0 Å². The second kappa shape index (κ2) is 78.1. The number of hydrogen-bond acceptors (Lipinski definition) is 8. The second-order valence-corrected chi connectivity index (χ2v) is 26.2. The summed E-state index contributed by atoms with van der Waals surface area (Å²) in [5, 5.41) is 0. The van der Waals surface area contributed by atoms with E-state index < -0.39 is 26.5 Å². The van der Waals surface area contributed by atoms with Gasteiger partial charge in [0.15, 0.2) is 6.10 Å². The molecule has 2 unspecified atom stereocenters. The lowest BCUT2D eigenvalue weighted by molar-refractivity contribution is -0.161. The van der Waals surface area contributed by atoms with Gasteiger partial charge in [-0.3, -0.25) is 18.6 Å². The minimum atomic E-state index is -4.41. The van der Waals surface area contributed by atoms with Gasteiger partial charge in [-0.05, 0) is 135 Å². The molecule has 95 heavy (non-hydrogen) atoms. The van der Waals surface area contributed by atoms with Crippen molar-refractivity contribution < 1.29 is 37.6 Å². The number of nitrogens with two attached hydrogens (primary N) is 1. The molecule has 0 saturated heterocycles. The van der Waals surface area contributed by atoms with Gasteiger partial charge in [-0.15, -0.1) is 0 Å². The first-order valence-electron chi connectivity index (χ1n) is 38.3. The van der Waals surface area contributed by atoms with Gasteiger partial charge in [0.2, 0.25) is 0 Å². The Morgan fingerprint density at radius 2 is 0.547 bits per heavy atom. The lowest BCUT2D eigenvalue weighted by Crippen LogP contribution is -2.29. The van der Waals surface area contributed by atoms with Crippen LogP contribution in [0.1, 0.15) is 309 Å². The molecule has 0 aliphatic rings. The molecule has 0 rings (SSSR count). The van der Waals surface area contributed by atoms with Gasteiger partial charge in [-0.25, -0.2) is 4.57 Å². The van der Waals surface area contributed by atoms with Gasteiger partial charge in [0.1, 0.15) is 6.61 Å². The van der Waals surface area contributed by atoms with Gasteiger partial charge in [-0.2, -0.15) is 0 Å². The summed E-state index contributed by atoms with van der Waals surface area (Å²) >= 11 is 0. The second-order valence-electron chi connectivity index (χ2n) is 24.8. The molecule has 2 atom stereocenters. The molecule has 3 N–H and O–H groups in total. The fourth-order valence-electron chi connectivity index (χ4n) is 10.2. The fourth-order valence-corrected chi connectivity index (χ4v) is 11.0. The monoisotopic (exact) mass is 1330 g/mol. The highest BCUT2D eigenvalue weighted by Crippen LogP contribution is 2.43. The van der Waals surface area contributed by atoms with Crippen LogP contribution in [0.15, 0.2) is 182 Å². The van der Waals surface area contributed by atoms with E-state index in [4.69, 9.17) is 24.3 Å². The summed E-state index contributed by atoms with van der Waals surface area (Å²) in [6.07, 6.45) is 117. The molecule has 538 valence electrons. The summed E-state index contributed by atoms with van der Waals surface area (Å²) in [5.74, 6) is -0.842. The molecule has 0 aromatic carbocycles. The molecular formula is C85H140NO8P. The number of rotatable bonds is 70. The van der Waals surface area contributed by atoms with Crippen LogP contribution in [0.25, 0.3) is 0 Å². The average Bonchev–Trinajstić information content (AvgIpc) is 3.32. The molecule has 0 bridgehead atoms. The van der Waals surface area contributed by atoms with Crippen LogP contribution < -0.4 is 5.73 Å². The summed E-state index contributed by atoms with van der Waals surface area (Å²) in [6, 6.07) is 0. The quantitative estimate of drug-likeness (QED) is 0.0264. The Morgan fingerprint density at radius 3 is 0.811 bits per heavy atom. The highest BCUT2D eigenvalue weighted by molar-refractivity contribution is 7.47. The third kappa shape index (κ3) is 78.0. The van der Waals surface area contributed by atoms with E-state index in [1.165, 1.54) is 128 Å². The highest BCUT2D eigenvalue weighted by atomic mass is 31.2. The molecular weight excluding hydrogens is 1190 g/mol. The van der Waals surface area contributed by atoms with Gasteiger partial charge < -0.3 is 20.1 Å². The molecule has 0 aromatic heterocycles. The van der Waals surface area contributed by atoms with Crippen molar-refractivity contribution in [3.63, 3.8) is 0 Å². The van der Waals surface area contributed by atoms with Gasteiger partial charge in [0, 0.05) is 19.4 Å². The summed E-state index contributed by atoms with van der Waals surface area (Å²) in [6.45, 7) is 3.51.